The molecule has 0 aliphatic heterocycles. The van der Waals surface area contributed by atoms with Gasteiger partial charge < -0.3 is 0 Å². The third kappa shape index (κ3) is 1.49. The highest BCUT2D eigenvalue weighted by molar-refractivity contribution is 5.09. The summed E-state index contributed by atoms with van der Waals surface area (Å²) in [7, 11) is 0. The molecular formula is C16H28. The van der Waals surface area contributed by atoms with E-state index in [0.717, 1.165) is 17.8 Å². The van der Waals surface area contributed by atoms with Gasteiger partial charge >= 0.3 is 0 Å². The summed E-state index contributed by atoms with van der Waals surface area (Å²) in [5.74, 6) is 2.79. The zero-order valence-corrected chi connectivity index (χ0v) is 11.6. The third-order valence-corrected chi connectivity index (χ3v) is 6.23. The van der Waals surface area contributed by atoms with Crippen LogP contribution in [0.5, 0.6) is 0 Å². The molecule has 0 bridgehead atoms. The van der Waals surface area contributed by atoms with E-state index >= 15 is 0 Å². The van der Waals surface area contributed by atoms with Gasteiger partial charge in [-0.3, -0.25) is 0 Å². The topological polar surface area (TPSA) is 0 Å². The third-order valence-electron chi connectivity index (χ3n) is 6.23. The normalized spacial score (nSPS) is 45.6. The molecule has 0 amide bonds. The van der Waals surface area contributed by atoms with Gasteiger partial charge in [-0.15, -0.1) is 6.58 Å². The SMILES string of the molecule is C=CCC[C@]12C[C@@H](C)C(C)(C)C1CC[C@H]2C. The standard InChI is InChI=1S/C16H28/c1-6-7-10-16-11-13(3)15(4,5)14(16)9-8-12(16)2/h6,12-14H,1,7-11H2,2-5H3/t12-,13-,14?,16-/m1/s1. The Labute approximate surface area is 102 Å². The van der Waals surface area contributed by atoms with E-state index in [1.807, 2.05) is 0 Å². The largest absolute Gasteiger partial charge is 0.103 e. The first kappa shape index (κ1) is 12.2. The zero-order chi connectivity index (χ0) is 12.0. The molecule has 0 aromatic heterocycles. The minimum absolute atomic E-state index is 0.561. The Morgan fingerprint density at radius 2 is 1.88 bits per heavy atom. The summed E-state index contributed by atoms with van der Waals surface area (Å²) in [4.78, 5) is 0. The first-order chi connectivity index (χ1) is 7.45. The fourth-order valence-electron chi connectivity index (χ4n) is 4.86. The molecule has 0 aromatic carbocycles. The van der Waals surface area contributed by atoms with Gasteiger partial charge in [-0.25, -0.2) is 0 Å². The van der Waals surface area contributed by atoms with Crippen molar-refractivity contribution in [2.75, 3.05) is 0 Å². The summed E-state index contributed by atoms with van der Waals surface area (Å²) in [6.45, 7) is 13.9. The quantitative estimate of drug-likeness (QED) is 0.584. The number of hydrogen-bond donors (Lipinski definition) is 0. The van der Waals surface area contributed by atoms with Crippen LogP contribution >= 0.6 is 0 Å². The number of hydrogen-bond acceptors (Lipinski definition) is 0. The molecule has 0 heteroatoms. The average molecular weight is 220 g/mol. The molecule has 0 spiro atoms. The van der Waals surface area contributed by atoms with Crippen LogP contribution in [0.4, 0.5) is 0 Å². The molecule has 1 unspecified atom stereocenters. The van der Waals surface area contributed by atoms with Crippen molar-refractivity contribution in [1.29, 1.82) is 0 Å². The van der Waals surface area contributed by atoms with Crippen LogP contribution in [-0.4, -0.2) is 0 Å². The average Bonchev–Trinajstić information content (AvgIpc) is 2.63. The van der Waals surface area contributed by atoms with Gasteiger partial charge in [0, 0.05) is 0 Å². The van der Waals surface area contributed by atoms with E-state index in [1.54, 1.807) is 0 Å². The molecule has 0 aromatic rings. The van der Waals surface area contributed by atoms with Crippen LogP contribution in [0.3, 0.4) is 0 Å². The van der Waals surface area contributed by atoms with Gasteiger partial charge in [-0.05, 0) is 60.7 Å². The summed E-state index contributed by atoms with van der Waals surface area (Å²) in [5.41, 5.74) is 1.21. The molecule has 0 nitrogen and oxygen atoms in total. The van der Waals surface area contributed by atoms with Gasteiger partial charge in [0.15, 0.2) is 0 Å². The molecule has 92 valence electrons. The highest BCUT2D eigenvalue weighted by Gasteiger charge is 2.59. The molecule has 0 radical (unpaired) electrons. The second-order valence-electron chi connectivity index (χ2n) is 7.02. The molecular weight excluding hydrogens is 192 g/mol. The van der Waals surface area contributed by atoms with E-state index in [2.05, 4.69) is 40.3 Å². The van der Waals surface area contributed by atoms with E-state index in [4.69, 9.17) is 0 Å². The van der Waals surface area contributed by atoms with E-state index in [0.29, 0.717) is 10.8 Å². The Balaban J connectivity index is 2.28. The second-order valence-corrected chi connectivity index (χ2v) is 7.02. The molecule has 0 saturated heterocycles. The predicted octanol–water partition coefficient (Wildman–Crippen LogP) is 5.05. The first-order valence-electron chi connectivity index (χ1n) is 7.06. The number of allylic oxidation sites excluding steroid dienone is 1. The highest BCUT2D eigenvalue weighted by Crippen LogP contribution is 2.68. The van der Waals surface area contributed by atoms with Crippen molar-refractivity contribution in [3.8, 4) is 0 Å². The lowest BCUT2D eigenvalue weighted by molar-refractivity contribution is 0.111. The molecule has 0 N–H and O–H groups in total. The van der Waals surface area contributed by atoms with Crippen molar-refractivity contribution in [3.05, 3.63) is 12.7 Å². The molecule has 16 heavy (non-hydrogen) atoms. The van der Waals surface area contributed by atoms with Crippen LogP contribution in [0.25, 0.3) is 0 Å². The van der Waals surface area contributed by atoms with E-state index in [-0.39, 0.29) is 0 Å². The predicted molar refractivity (Wildman–Crippen MR) is 71.3 cm³/mol. The number of rotatable bonds is 3. The maximum Gasteiger partial charge on any atom is -0.0233 e. The van der Waals surface area contributed by atoms with Crippen molar-refractivity contribution < 1.29 is 0 Å². The van der Waals surface area contributed by atoms with Gasteiger partial charge in [-0.1, -0.05) is 33.8 Å². The zero-order valence-electron chi connectivity index (χ0n) is 11.6. The molecule has 2 fully saturated rings. The molecule has 0 heterocycles. The minimum Gasteiger partial charge on any atom is -0.103 e. The lowest BCUT2D eigenvalue weighted by atomic mass is 9.67. The minimum atomic E-state index is 0.561. The fourth-order valence-corrected chi connectivity index (χ4v) is 4.86. The van der Waals surface area contributed by atoms with Crippen LogP contribution in [0, 0.1) is 28.6 Å². The van der Waals surface area contributed by atoms with Crippen molar-refractivity contribution >= 4 is 0 Å². The van der Waals surface area contributed by atoms with Crippen molar-refractivity contribution in [3.63, 3.8) is 0 Å². The van der Waals surface area contributed by atoms with Gasteiger partial charge in [0.1, 0.15) is 0 Å². The summed E-state index contributed by atoms with van der Waals surface area (Å²) in [6.07, 6.45) is 9.10. The van der Waals surface area contributed by atoms with Crippen LogP contribution in [-0.2, 0) is 0 Å². The maximum atomic E-state index is 3.91. The summed E-state index contributed by atoms with van der Waals surface area (Å²) < 4.78 is 0. The Morgan fingerprint density at radius 3 is 2.50 bits per heavy atom. The molecule has 2 rings (SSSR count). The summed E-state index contributed by atoms with van der Waals surface area (Å²) >= 11 is 0. The summed E-state index contributed by atoms with van der Waals surface area (Å²) in [6, 6.07) is 0. The van der Waals surface area contributed by atoms with E-state index in [1.165, 1.54) is 32.1 Å². The molecule has 2 aliphatic rings. The Morgan fingerprint density at radius 1 is 1.19 bits per heavy atom. The van der Waals surface area contributed by atoms with Crippen molar-refractivity contribution in [2.45, 2.75) is 59.8 Å². The molecule has 4 atom stereocenters. The summed E-state index contributed by atoms with van der Waals surface area (Å²) in [5, 5.41) is 0. The Hall–Kier alpha value is -0.260. The van der Waals surface area contributed by atoms with Crippen LogP contribution in [0.15, 0.2) is 12.7 Å². The van der Waals surface area contributed by atoms with Crippen LogP contribution in [0.1, 0.15) is 59.8 Å². The lowest BCUT2D eigenvalue weighted by Crippen LogP contribution is -2.31. The Kier molecular flexibility index (Phi) is 2.97. The van der Waals surface area contributed by atoms with Gasteiger partial charge in [0.2, 0.25) is 0 Å². The van der Waals surface area contributed by atoms with Gasteiger partial charge in [0.25, 0.3) is 0 Å². The molecule has 2 aliphatic carbocycles. The van der Waals surface area contributed by atoms with Crippen LogP contribution < -0.4 is 0 Å². The maximum absolute atomic E-state index is 3.91. The first-order valence-corrected chi connectivity index (χ1v) is 7.06. The van der Waals surface area contributed by atoms with Gasteiger partial charge in [0.05, 0.1) is 0 Å². The monoisotopic (exact) mass is 220 g/mol. The Bertz CT molecular complexity index is 276. The van der Waals surface area contributed by atoms with E-state index in [9.17, 15) is 0 Å². The number of fused-ring (bicyclic) bond motifs is 1. The van der Waals surface area contributed by atoms with Crippen molar-refractivity contribution in [1.82, 2.24) is 0 Å². The molecule has 2 saturated carbocycles. The van der Waals surface area contributed by atoms with Gasteiger partial charge in [-0.2, -0.15) is 0 Å². The van der Waals surface area contributed by atoms with Crippen LogP contribution in [0.2, 0.25) is 0 Å². The van der Waals surface area contributed by atoms with E-state index < -0.39 is 0 Å². The second kappa shape index (κ2) is 3.89. The fraction of sp³-hybridized carbons (Fsp3) is 0.875. The smallest absolute Gasteiger partial charge is 0.0233 e. The highest BCUT2D eigenvalue weighted by atomic mass is 14.6. The van der Waals surface area contributed by atoms with Crippen molar-refractivity contribution in [2.24, 2.45) is 28.6 Å². The lowest BCUT2D eigenvalue weighted by Gasteiger charge is -2.38.